The van der Waals surface area contributed by atoms with Gasteiger partial charge in [0.05, 0.1) is 13.5 Å². The number of pyridine rings is 1. The molecule has 0 bridgehead atoms. The maximum Gasteiger partial charge on any atom is 0.258 e. The maximum absolute atomic E-state index is 12.9. The fraction of sp³-hybridized carbons (Fsp3) is 0.364. The molecule has 1 aliphatic rings. The topological polar surface area (TPSA) is 81.4 Å². The number of ether oxygens (including phenoxy) is 1. The molecule has 2 aromatic heterocycles. The summed E-state index contributed by atoms with van der Waals surface area (Å²) >= 11 is 0. The molecule has 0 saturated carbocycles. The Morgan fingerprint density at radius 2 is 2.14 bits per heavy atom. The number of aryl methyl sites for hydroxylation is 1. The SMILES string of the molecule is COc1cccc(CC(=O)N2CCCC2CCc2noc(-c3ccncc3)n2)c1. The van der Waals surface area contributed by atoms with Crippen LogP contribution in [-0.2, 0) is 17.6 Å². The van der Waals surface area contributed by atoms with E-state index in [0.717, 1.165) is 42.7 Å². The molecule has 1 fully saturated rings. The van der Waals surface area contributed by atoms with Crippen molar-refractivity contribution in [2.75, 3.05) is 13.7 Å². The highest BCUT2D eigenvalue weighted by Gasteiger charge is 2.28. The highest BCUT2D eigenvalue weighted by Crippen LogP contribution is 2.24. The van der Waals surface area contributed by atoms with E-state index in [9.17, 15) is 4.79 Å². The summed E-state index contributed by atoms with van der Waals surface area (Å²) in [6.07, 6.45) is 7.35. The molecule has 0 radical (unpaired) electrons. The third-order valence-corrected chi connectivity index (χ3v) is 5.28. The Morgan fingerprint density at radius 1 is 1.28 bits per heavy atom. The number of nitrogens with zero attached hydrogens (tertiary/aromatic N) is 4. The van der Waals surface area contributed by atoms with Crippen LogP contribution in [0.4, 0.5) is 0 Å². The van der Waals surface area contributed by atoms with E-state index >= 15 is 0 Å². The zero-order chi connectivity index (χ0) is 20.1. The lowest BCUT2D eigenvalue weighted by atomic mass is 10.1. The summed E-state index contributed by atoms with van der Waals surface area (Å²) in [5.41, 5.74) is 1.83. The van der Waals surface area contributed by atoms with E-state index in [1.54, 1.807) is 19.5 Å². The van der Waals surface area contributed by atoms with Crippen LogP contribution in [0.5, 0.6) is 5.75 Å². The number of hydrogen-bond acceptors (Lipinski definition) is 6. The van der Waals surface area contributed by atoms with E-state index in [0.29, 0.717) is 24.6 Å². The van der Waals surface area contributed by atoms with Crippen LogP contribution < -0.4 is 4.74 Å². The average Bonchev–Trinajstić information content (AvgIpc) is 3.42. The summed E-state index contributed by atoms with van der Waals surface area (Å²) in [5.74, 6) is 2.10. The van der Waals surface area contributed by atoms with Crippen LogP contribution >= 0.6 is 0 Å². The van der Waals surface area contributed by atoms with E-state index in [4.69, 9.17) is 9.26 Å². The minimum Gasteiger partial charge on any atom is -0.497 e. The second kappa shape index (κ2) is 8.86. The van der Waals surface area contributed by atoms with E-state index in [1.165, 1.54) is 0 Å². The lowest BCUT2D eigenvalue weighted by Crippen LogP contribution is -2.36. The molecule has 3 heterocycles. The summed E-state index contributed by atoms with van der Waals surface area (Å²) in [6.45, 7) is 0.808. The van der Waals surface area contributed by atoms with Gasteiger partial charge in [-0.1, -0.05) is 17.3 Å². The van der Waals surface area contributed by atoms with Gasteiger partial charge in [0.1, 0.15) is 5.75 Å². The molecule has 3 aromatic rings. The Labute approximate surface area is 169 Å². The van der Waals surface area contributed by atoms with Gasteiger partial charge in [-0.15, -0.1) is 0 Å². The molecule has 1 amide bonds. The van der Waals surface area contributed by atoms with Gasteiger partial charge < -0.3 is 14.2 Å². The number of likely N-dealkylation sites (tertiary alicyclic amines) is 1. The van der Waals surface area contributed by atoms with Crippen LogP contribution in [-0.4, -0.2) is 45.6 Å². The smallest absolute Gasteiger partial charge is 0.258 e. The molecule has 4 rings (SSSR count). The summed E-state index contributed by atoms with van der Waals surface area (Å²) in [7, 11) is 1.63. The van der Waals surface area contributed by atoms with Crippen molar-refractivity contribution in [3.05, 3.63) is 60.2 Å². The van der Waals surface area contributed by atoms with Gasteiger partial charge in [-0.05, 0) is 49.1 Å². The second-order valence-electron chi connectivity index (χ2n) is 7.20. The van der Waals surface area contributed by atoms with Gasteiger partial charge in [-0.2, -0.15) is 4.98 Å². The van der Waals surface area contributed by atoms with Crippen LogP contribution in [0.15, 0.2) is 53.3 Å². The minimum atomic E-state index is 0.159. The van der Waals surface area contributed by atoms with Gasteiger partial charge in [0.25, 0.3) is 5.89 Å². The van der Waals surface area contributed by atoms with Crippen molar-refractivity contribution >= 4 is 5.91 Å². The third-order valence-electron chi connectivity index (χ3n) is 5.28. The molecule has 0 spiro atoms. The normalized spacial score (nSPS) is 16.2. The predicted octanol–water partition coefficient (Wildman–Crippen LogP) is 3.31. The second-order valence-corrected chi connectivity index (χ2v) is 7.20. The number of carbonyl (C=O) groups excluding carboxylic acids is 1. The lowest BCUT2D eigenvalue weighted by Gasteiger charge is -2.24. The van der Waals surface area contributed by atoms with Crippen molar-refractivity contribution in [2.24, 2.45) is 0 Å². The number of methoxy groups -OCH3 is 1. The summed E-state index contributed by atoms with van der Waals surface area (Å²) in [4.78, 5) is 23.3. The van der Waals surface area contributed by atoms with Gasteiger partial charge >= 0.3 is 0 Å². The van der Waals surface area contributed by atoms with Gasteiger partial charge in [0, 0.05) is 37.0 Å². The minimum absolute atomic E-state index is 0.159. The van der Waals surface area contributed by atoms with E-state index < -0.39 is 0 Å². The van der Waals surface area contributed by atoms with Crippen molar-refractivity contribution < 1.29 is 14.1 Å². The first-order valence-corrected chi connectivity index (χ1v) is 9.88. The number of benzene rings is 1. The van der Waals surface area contributed by atoms with Gasteiger partial charge in [0.2, 0.25) is 5.91 Å². The molecule has 1 atom stereocenters. The third kappa shape index (κ3) is 4.62. The highest BCUT2D eigenvalue weighted by molar-refractivity contribution is 5.79. The monoisotopic (exact) mass is 392 g/mol. The molecule has 0 N–H and O–H groups in total. The van der Waals surface area contributed by atoms with Gasteiger partial charge in [0.15, 0.2) is 5.82 Å². The molecular formula is C22H24N4O3. The van der Waals surface area contributed by atoms with Crippen molar-refractivity contribution in [3.8, 4) is 17.2 Å². The molecular weight excluding hydrogens is 368 g/mol. The molecule has 1 aromatic carbocycles. The quantitative estimate of drug-likeness (QED) is 0.614. The standard InChI is InChI=1S/C22H24N4O3/c1-28-19-6-2-4-16(14-19)15-21(27)26-13-3-5-18(26)7-8-20-24-22(29-25-20)17-9-11-23-12-10-17/h2,4,6,9-12,14,18H,3,5,7-8,13,15H2,1H3. The highest BCUT2D eigenvalue weighted by atomic mass is 16.5. The van der Waals surface area contributed by atoms with E-state index in [1.807, 2.05) is 41.3 Å². The number of amides is 1. The van der Waals surface area contributed by atoms with Crippen molar-refractivity contribution in [1.29, 1.82) is 0 Å². The Morgan fingerprint density at radius 3 is 2.97 bits per heavy atom. The number of hydrogen-bond donors (Lipinski definition) is 0. The molecule has 0 aliphatic carbocycles. The Hall–Kier alpha value is -3.22. The fourth-order valence-electron chi connectivity index (χ4n) is 3.79. The zero-order valence-corrected chi connectivity index (χ0v) is 16.5. The Balaban J connectivity index is 1.35. The first kappa shape index (κ1) is 19.1. The first-order valence-electron chi connectivity index (χ1n) is 9.88. The van der Waals surface area contributed by atoms with Crippen LogP contribution in [0.3, 0.4) is 0 Å². The van der Waals surface area contributed by atoms with Crippen molar-refractivity contribution in [3.63, 3.8) is 0 Å². The van der Waals surface area contributed by atoms with Crippen LogP contribution in [0.25, 0.3) is 11.5 Å². The number of rotatable bonds is 7. The average molecular weight is 392 g/mol. The molecule has 1 unspecified atom stereocenters. The molecule has 7 nitrogen and oxygen atoms in total. The summed E-state index contributed by atoms with van der Waals surface area (Å²) in [6, 6.07) is 11.6. The lowest BCUT2D eigenvalue weighted by molar-refractivity contribution is -0.131. The molecule has 29 heavy (non-hydrogen) atoms. The Kier molecular flexibility index (Phi) is 5.84. The number of aromatic nitrogens is 3. The van der Waals surface area contributed by atoms with Gasteiger partial charge in [-0.25, -0.2) is 0 Å². The van der Waals surface area contributed by atoms with Crippen LogP contribution in [0.1, 0.15) is 30.7 Å². The summed E-state index contributed by atoms with van der Waals surface area (Å²) < 4.78 is 10.6. The van der Waals surface area contributed by atoms with Crippen molar-refractivity contribution in [1.82, 2.24) is 20.0 Å². The zero-order valence-electron chi connectivity index (χ0n) is 16.5. The molecule has 7 heteroatoms. The number of carbonyl (C=O) groups is 1. The summed E-state index contributed by atoms with van der Waals surface area (Å²) in [5, 5.41) is 4.09. The largest absolute Gasteiger partial charge is 0.497 e. The van der Waals surface area contributed by atoms with Crippen molar-refractivity contribution in [2.45, 2.75) is 38.1 Å². The fourth-order valence-corrected chi connectivity index (χ4v) is 3.79. The Bertz CT molecular complexity index is 957. The molecule has 1 saturated heterocycles. The maximum atomic E-state index is 12.9. The predicted molar refractivity (Wildman–Crippen MR) is 107 cm³/mol. The van der Waals surface area contributed by atoms with Crippen LogP contribution in [0, 0.1) is 0 Å². The van der Waals surface area contributed by atoms with Gasteiger partial charge in [-0.3, -0.25) is 9.78 Å². The first-order chi connectivity index (χ1) is 14.2. The van der Waals surface area contributed by atoms with E-state index in [2.05, 4.69) is 15.1 Å². The van der Waals surface area contributed by atoms with E-state index in [-0.39, 0.29) is 11.9 Å². The molecule has 1 aliphatic heterocycles. The molecule has 150 valence electrons. The van der Waals surface area contributed by atoms with Crippen LogP contribution in [0.2, 0.25) is 0 Å².